The van der Waals surface area contributed by atoms with E-state index in [-0.39, 0.29) is 17.6 Å². The smallest absolute Gasteiger partial charge is 0.257 e. The Labute approximate surface area is 112 Å². The number of phenols is 1. The van der Waals surface area contributed by atoms with Crippen molar-refractivity contribution >= 4 is 23.1 Å². The van der Waals surface area contributed by atoms with Crippen LogP contribution in [0.25, 0.3) is 0 Å². The quantitative estimate of drug-likeness (QED) is 0.814. The molecule has 1 rings (SSSR count). The summed E-state index contributed by atoms with van der Waals surface area (Å²) in [5, 5.41) is 9.86. The number of hydrogen-bond acceptors (Lipinski definition) is 3. The normalized spacial score (nSPS) is 11.9. The number of aromatic hydroxyl groups is 1. The van der Waals surface area contributed by atoms with Crippen LogP contribution in [0.3, 0.4) is 0 Å². The number of rotatable bonds is 4. The molecule has 18 heavy (non-hydrogen) atoms. The van der Waals surface area contributed by atoms with Crippen LogP contribution in [0.1, 0.15) is 22.8 Å². The predicted octanol–water partition coefficient (Wildman–Crippen LogP) is 1.69. The van der Waals surface area contributed by atoms with Gasteiger partial charge in [-0.05, 0) is 18.6 Å². The van der Waals surface area contributed by atoms with Crippen molar-refractivity contribution in [3.05, 3.63) is 29.3 Å². The summed E-state index contributed by atoms with van der Waals surface area (Å²) in [5.74, 6) is -0.266. The highest BCUT2D eigenvalue weighted by atomic mass is 32.1. The Bertz CT molecular complexity index is 474. The molecule has 0 saturated carbocycles. The van der Waals surface area contributed by atoms with Crippen molar-refractivity contribution in [2.45, 2.75) is 13.8 Å². The van der Waals surface area contributed by atoms with Gasteiger partial charge in [-0.1, -0.05) is 31.3 Å². The van der Waals surface area contributed by atoms with Crippen LogP contribution in [0, 0.1) is 12.8 Å². The maximum atomic E-state index is 12.2. The van der Waals surface area contributed by atoms with Gasteiger partial charge in [0.25, 0.3) is 5.91 Å². The Morgan fingerprint density at radius 1 is 1.56 bits per heavy atom. The summed E-state index contributed by atoms with van der Waals surface area (Å²) in [5.41, 5.74) is 6.50. The van der Waals surface area contributed by atoms with Gasteiger partial charge in [0.05, 0.1) is 10.6 Å². The number of para-hydroxylation sites is 1. The molecule has 3 N–H and O–H groups in total. The van der Waals surface area contributed by atoms with Crippen LogP contribution in [0.2, 0.25) is 0 Å². The number of carbonyl (C=O) groups excluding carboxylic acids is 1. The summed E-state index contributed by atoms with van der Waals surface area (Å²) in [7, 11) is 1.67. The van der Waals surface area contributed by atoms with Crippen molar-refractivity contribution < 1.29 is 9.90 Å². The average Bonchev–Trinajstić information content (AvgIpc) is 2.31. The average molecular weight is 266 g/mol. The van der Waals surface area contributed by atoms with E-state index in [1.807, 2.05) is 6.92 Å². The minimum atomic E-state index is -0.237. The van der Waals surface area contributed by atoms with E-state index < -0.39 is 0 Å². The highest BCUT2D eigenvalue weighted by Gasteiger charge is 2.19. The summed E-state index contributed by atoms with van der Waals surface area (Å²) in [4.78, 5) is 14.0. The van der Waals surface area contributed by atoms with Crippen LogP contribution >= 0.6 is 12.2 Å². The fraction of sp³-hybridized carbons (Fsp3) is 0.385. The molecule has 1 amide bonds. The summed E-state index contributed by atoms with van der Waals surface area (Å²) in [6.07, 6.45) is 0. The van der Waals surface area contributed by atoms with Gasteiger partial charge in [0.15, 0.2) is 0 Å². The third-order valence-corrected chi connectivity index (χ3v) is 3.25. The molecule has 98 valence electrons. The summed E-state index contributed by atoms with van der Waals surface area (Å²) < 4.78 is 0. The van der Waals surface area contributed by atoms with Crippen molar-refractivity contribution in [1.29, 1.82) is 0 Å². The first kappa shape index (κ1) is 14.4. The summed E-state index contributed by atoms with van der Waals surface area (Å²) >= 11 is 4.88. The Morgan fingerprint density at radius 3 is 2.72 bits per heavy atom. The zero-order valence-corrected chi connectivity index (χ0v) is 11.6. The van der Waals surface area contributed by atoms with Crippen LogP contribution in [0.4, 0.5) is 0 Å². The van der Waals surface area contributed by atoms with Crippen LogP contribution < -0.4 is 5.73 Å². The minimum Gasteiger partial charge on any atom is -0.507 e. The SMILES string of the molecule is Cc1cccc(C(=O)N(C)CC(C)C(N)=S)c1O. The van der Waals surface area contributed by atoms with E-state index in [1.54, 1.807) is 32.2 Å². The van der Waals surface area contributed by atoms with Gasteiger partial charge in [-0.2, -0.15) is 0 Å². The molecule has 0 radical (unpaired) electrons. The predicted molar refractivity (Wildman–Crippen MR) is 75.8 cm³/mol. The van der Waals surface area contributed by atoms with Gasteiger partial charge < -0.3 is 15.7 Å². The Hall–Kier alpha value is -1.62. The first-order valence-electron chi connectivity index (χ1n) is 5.68. The minimum absolute atomic E-state index is 0.0253. The van der Waals surface area contributed by atoms with Gasteiger partial charge >= 0.3 is 0 Å². The van der Waals surface area contributed by atoms with Crippen LogP contribution in [0.15, 0.2) is 18.2 Å². The lowest BCUT2D eigenvalue weighted by atomic mass is 10.1. The first-order valence-corrected chi connectivity index (χ1v) is 6.08. The second-order valence-corrected chi connectivity index (χ2v) is 4.93. The number of amides is 1. The molecular weight excluding hydrogens is 248 g/mol. The van der Waals surface area contributed by atoms with E-state index in [9.17, 15) is 9.90 Å². The fourth-order valence-corrected chi connectivity index (χ4v) is 1.70. The molecule has 0 heterocycles. The second kappa shape index (κ2) is 5.82. The van der Waals surface area contributed by atoms with Gasteiger partial charge in [-0.15, -0.1) is 0 Å². The Balaban J connectivity index is 2.87. The first-order chi connectivity index (χ1) is 8.34. The molecule has 0 aromatic heterocycles. The molecule has 1 aromatic carbocycles. The maximum absolute atomic E-state index is 12.2. The zero-order chi connectivity index (χ0) is 13.9. The molecule has 1 aromatic rings. The Morgan fingerprint density at radius 2 is 2.17 bits per heavy atom. The number of hydrogen-bond donors (Lipinski definition) is 2. The standard InChI is InChI=1S/C13H18N2O2S/c1-8-5-4-6-10(11(8)16)13(17)15(3)7-9(2)12(14)18/h4-6,9,16H,7H2,1-3H3,(H2,14,18). The van der Waals surface area contributed by atoms with Gasteiger partial charge in [-0.3, -0.25) is 4.79 Å². The zero-order valence-electron chi connectivity index (χ0n) is 10.8. The molecule has 0 aliphatic rings. The molecule has 0 bridgehead atoms. The van der Waals surface area contributed by atoms with Gasteiger partial charge in [0.1, 0.15) is 5.75 Å². The van der Waals surface area contributed by atoms with E-state index in [1.165, 1.54) is 4.90 Å². The van der Waals surface area contributed by atoms with Crippen LogP contribution in [-0.4, -0.2) is 34.5 Å². The Kier molecular flexibility index (Phi) is 4.67. The molecule has 0 spiro atoms. The maximum Gasteiger partial charge on any atom is 0.257 e. The van der Waals surface area contributed by atoms with Crippen molar-refractivity contribution in [2.75, 3.05) is 13.6 Å². The molecule has 0 aliphatic carbocycles. The van der Waals surface area contributed by atoms with Gasteiger partial charge in [0, 0.05) is 19.5 Å². The molecular formula is C13H18N2O2S. The second-order valence-electron chi connectivity index (χ2n) is 4.46. The number of aryl methyl sites for hydroxylation is 1. The van der Waals surface area contributed by atoms with Crippen molar-refractivity contribution in [2.24, 2.45) is 11.7 Å². The van der Waals surface area contributed by atoms with E-state index in [4.69, 9.17) is 18.0 Å². The molecule has 0 aliphatic heterocycles. The third kappa shape index (κ3) is 3.20. The lowest BCUT2D eigenvalue weighted by Gasteiger charge is -2.21. The van der Waals surface area contributed by atoms with Gasteiger partial charge in [0.2, 0.25) is 0 Å². The summed E-state index contributed by atoms with van der Waals surface area (Å²) in [6.45, 7) is 4.05. The highest BCUT2D eigenvalue weighted by molar-refractivity contribution is 7.80. The van der Waals surface area contributed by atoms with Crippen molar-refractivity contribution in [3.63, 3.8) is 0 Å². The van der Waals surface area contributed by atoms with Crippen LogP contribution in [-0.2, 0) is 0 Å². The molecule has 1 atom stereocenters. The lowest BCUT2D eigenvalue weighted by molar-refractivity contribution is 0.0784. The molecule has 4 nitrogen and oxygen atoms in total. The third-order valence-electron chi connectivity index (χ3n) is 2.85. The monoisotopic (exact) mass is 266 g/mol. The topological polar surface area (TPSA) is 66.6 Å². The molecule has 0 fully saturated rings. The fourth-order valence-electron chi connectivity index (χ4n) is 1.62. The number of nitrogens with two attached hydrogens (primary N) is 1. The van der Waals surface area contributed by atoms with E-state index in [2.05, 4.69) is 0 Å². The molecule has 5 heteroatoms. The number of thiocarbonyl (C=S) groups is 1. The molecule has 0 saturated heterocycles. The number of carbonyl (C=O) groups is 1. The van der Waals surface area contributed by atoms with Crippen molar-refractivity contribution in [3.8, 4) is 5.75 Å². The van der Waals surface area contributed by atoms with E-state index in [0.29, 0.717) is 22.7 Å². The highest BCUT2D eigenvalue weighted by Crippen LogP contribution is 2.22. The summed E-state index contributed by atoms with van der Waals surface area (Å²) in [6, 6.07) is 5.10. The lowest BCUT2D eigenvalue weighted by Crippen LogP contribution is -2.35. The number of nitrogens with zero attached hydrogens (tertiary/aromatic N) is 1. The van der Waals surface area contributed by atoms with E-state index in [0.717, 1.165) is 0 Å². The van der Waals surface area contributed by atoms with E-state index >= 15 is 0 Å². The van der Waals surface area contributed by atoms with Crippen molar-refractivity contribution in [1.82, 2.24) is 4.90 Å². The number of phenolic OH excluding ortho intramolecular Hbond substituents is 1. The number of benzene rings is 1. The van der Waals surface area contributed by atoms with Gasteiger partial charge in [-0.25, -0.2) is 0 Å². The largest absolute Gasteiger partial charge is 0.507 e. The molecule has 1 unspecified atom stereocenters. The van der Waals surface area contributed by atoms with Crippen LogP contribution in [0.5, 0.6) is 5.75 Å².